The van der Waals surface area contributed by atoms with Crippen LogP contribution in [0.4, 0.5) is 0 Å². The third-order valence-electron chi connectivity index (χ3n) is 4.00. The van der Waals surface area contributed by atoms with Crippen LogP contribution >= 0.6 is 0 Å². The summed E-state index contributed by atoms with van der Waals surface area (Å²) in [6.45, 7) is 7.21. The van der Waals surface area contributed by atoms with Crippen molar-refractivity contribution in [2.45, 2.75) is 70.6 Å². The minimum atomic E-state index is -0.153. The first-order valence-electron chi connectivity index (χ1n) is 7.02. The number of ether oxygens (including phenoxy) is 2. The van der Waals surface area contributed by atoms with Gasteiger partial charge in [0.1, 0.15) is 0 Å². The second-order valence-electron chi connectivity index (χ2n) is 5.28. The van der Waals surface area contributed by atoms with E-state index in [-0.39, 0.29) is 17.6 Å². The van der Waals surface area contributed by atoms with E-state index >= 15 is 0 Å². The zero-order valence-electron chi connectivity index (χ0n) is 12.1. The van der Waals surface area contributed by atoms with Crippen molar-refractivity contribution in [1.82, 2.24) is 5.32 Å². The molecule has 0 spiro atoms. The summed E-state index contributed by atoms with van der Waals surface area (Å²) in [6.07, 6.45) is 4.58. The lowest BCUT2D eigenvalue weighted by Crippen LogP contribution is -2.49. The molecule has 1 aliphatic rings. The largest absolute Gasteiger partial charge is 0.469 e. The summed E-state index contributed by atoms with van der Waals surface area (Å²) in [6, 6.07) is 0.602. The molecule has 1 heterocycles. The van der Waals surface area contributed by atoms with Gasteiger partial charge in [-0.25, -0.2) is 0 Å². The van der Waals surface area contributed by atoms with Crippen LogP contribution in [0.3, 0.4) is 0 Å². The van der Waals surface area contributed by atoms with E-state index in [4.69, 9.17) is 4.74 Å². The Labute approximate surface area is 110 Å². The van der Waals surface area contributed by atoms with Gasteiger partial charge in [0, 0.05) is 18.7 Å². The molecule has 1 aliphatic heterocycles. The van der Waals surface area contributed by atoms with Gasteiger partial charge in [-0.05, 0) is 32.6 Å². The second kappa shape index (κ2) is 7.10. The van der Waals surface area contributed by atoms with Crippen molar-refractivity contribution in [2.75, 3.05) is 13.7 Å². The van der Waals surface area contributed by atoms with Gasteiger partial charge in [-0.2, -0.15) is 0 Å². The maximum atomic E-state index is 11.2. The Balaban J connectivity index is 2.44. The van der Waals surface area contributed by atoms with E-state index in [9.17, 15) is 4.79 Å². The molecule has 4 nitrogen and oxygen atoms in total. The molecule has 0 radical (unpaired) electrons. The number of hydrogen-bond acceptors (Lipinski definition) is 4. The summed E-state index contributed by atoms with van der Waals surface area (Å²) in [4.78, 5) is 11.2. The van der Waals surface area contributed by atoms with Crippen LogP contribution < -0.4 is 5.32 Å². The Kier molecular flexibility index (Phi) is 6.09. The van der Waals surface area contributed by atoms with Crippen LogP contribution in [0.15, 0.2) is 0 Å². The molecule has 0 aromatic heterocycles. The molecule has 0 aromatic carbocycles. The van der Waals surface area contributed by atoms with Crippen LogP contribution in [-0.4, -0.2) is 37.4 Å². The lowest BCUT2D eigenvalue weighted by Gasteiger charge is -2.41. The van der Waals surface area contributed by atoms with Gasteiger partial charge in [0.2, 0.25) is 0 Å². The molecular weight excluding hydrogens is 230 g/mol. The van der Waals surface area contributed by atoms with Crippen molar-refractivity contribution in [3.8, 4) is 0 Å². The zero-order valence-corrected chi connectivity index (χ0v) is 12.1. The smallest absolute Gasteiger partial charge is 0.307 e. The topological polar surface area (TPSA) is 47.6 Å². The molecule has 0 bridgehead atoms. The molecule has 0 aromatic rings. The summed E-state index contributed by atoms with van der Waals surface area (Å²) in [5.41, 5.74) is 0.0287. The first-order chi connectivity index (χ1) is 8.55. The molecule has 1 fully saturated rings. The number of rotatable bonds is 6. The van der Waals surface area contributed by atoms with Crippen molar-refractivity contribution >= 4 is 5.97 Å². The molecule has 2 unspecified atom stereocenters. The van der Waals surface area contributed by atoms with Crippen LogP contribution in [-0.2, 0) is 14.3 Å². The molecule has 2 atom stereocenters. The average Bonchev–Trinajstić information content (AvgIpc) is 2.38. The molecule has 0 saturated carbocycles. The fourth-order valence-corrected chi connectivity index (χ4v) is 2.71. The van der Waals surface area contributed by atoms with Crippen LogP contribution in [0.1, 0.15) is 52.9 Å². The van der Waals surface area contributed by atoms with Gasteiger partial charge in [-0.3, -0.25) is 4.79 Å². The highest BCUT2D eigenvalue weighted by Crippen LogP contribution is 2.31. The summed E-state index contributed by atoms with van der Waals surface area (Å²) < 4.78 is 10.6. The van der Waals surface area contributed by atoms with Gasteiger partial charge < -0.3 is 14.8 Å². The molecule has 106 valence electrons. The summed E-state index contributed by atoms with van der Waals surface area (Å²) in [7, 11) is 1.43. The van der Waals surface area contributed by atoms with Crippen LogP contribution in [0, 0.1) is 0 Å². The van der Waals surface area contributed by atoms with Gasteiger partial charge in [-0.15, -0.1) is 0 Å². The second-order valence-corrected chi connectivity index (χ2v) is 5.28. The quantitative estimate of drug-likeness (QED) is 0.742. The maximum absolute atomic E-state index is 11.2. The molecule has 0 aliphatic carbocycles. The van der Waals surface area contributed by atoms with E-state index in [0.717, 1.165) is 32.3 Å². The van der Waals surface area contributed by atoms with Gasteiger partial charge in [0.05, 0.1) is 19.1 Å². The number of nitrogens with one attached hydrogen (secondary N) is 1. The predicted octanol–water partition coefficient (Wildman–Crippen LogP) is 2.27. The molecule has 1 N–H and O–H groups in total. The van der Waals surface area contributed by atoms with E-state index < -0.39 is 0 Å². The van der Waals surface area contributed by atoms with E-state index in [1.807, 2.05) is 6.92 Å². The molecule has 18 heavy (non-hydrogen) atoms. The van der Waals surface area contributed by atoms with Crippen LogP contribution in [0.2, 0.25) is 0 Å². The first kappa shape index (κ1) is 15.4. The monoisotopic (exact) mass is 257 g/mol. The zero-order chi connectivity index (χ0) is 13.6. The van der Waals surface area contributed by atoms with E-state index in [0.29, 0.717) is 12.5 Å². The van der Waals surface area contributed by atoms with Crippen molar-refractivity contribution in [3.63, 3.8) is 0 Å². The van der Waals surface area contributed by atoms with Crippen molar-refractivity contribution < 1.29 is 14.3 Å². The van der Waals surface area contributed by atoms with Crippen LogP contribution in [0.25, 0.3) is 0 Å². The minimum absolute atomic E-state index is 0.0287. The first-order valence-corrected chi connectivity index (χ1v) is 7.02. The number of carbonyl (C=O) groups excluding carboxylic acids is 1. The third-order valence-corrected chi connectivity index (χ3v) is 4.00. The lowest BCUT2D eigenvalue weighted by molar-refractivity contribution is -0.141. The predicted molar refractivity (Wildman–Crippen MR) is 71.5 cm³/mol. The fourth-order valence-electron chi connectivity index (χ4n) is 2.71. The molecule has 0 amide bonds. The number of methoxy groups -OCH3 is 1. The normalized spacial score (nSPS) is 24.6. The standard InChI is InChI=1S/C14H27NO3/c1-5-14(6-2)10-12(7-8-18-14)15-11(3)9-13(16)17-4/h11-12,15H,5-10H2,1-4H3. The molecular formula is C14H27NO3. The molecule has 1 saturated heterocycles. The van der Waals surface area contributed by atoms with Gasteiger partial charge in [0.15, 0.2) is 0 Å². The highest BCUT2D eigenvalue weighted by molar-refractivity contribution is 5.69. The maximum Gasteiger partial charge on any atom is 0.307 e. The Bertz CT molecular complexity index is 264. The number of hydrogen-bond donors (Lipinski definition) is 1. The average molecular weight is 257 g/mol. The van der Waals surface area contributed by atoms with Crippen molar-refractivity contribution in [1.29, 1.82) is 0 Å². The van der Waals surface area contributed by atoms with Gasteiger partial charge >= 0.3 is 5.97 Å². The minimum Gasteiger partial charge on any atom is -0.469 e. The van der Waals surface area contributed by atoms with Gasteiger partial charge in [0.25, 0.3) is 0 Å². The number of esters is 1. The Hall–Kier alpha value is -0.610. The Morgan fingerprint density at radius 1 is 1.50 bits per heavy atom. The van der Waals surface area contributed by atoms with E-state index in [1.165, 1.54) is 7.11 Å². The summed E-state index contributed by atoms with van der Waals surface area (Å²) in [5.74, 6) is -0.153. The summed E-state index contributed by atoms with van der Waals surface area (Å²) in [5, 5.41) is 3.53. The third kappa shape index (κ3) is 4.25. The fraction of sp³-hybridized carbons (Fsp3) is 0.929. The van der Waals surface area contributed by atoms with E-state index in [1.54, 1.807) is 0 Å². The number of carbonyl (C=O) groups is 1. The molecule has 1 rings (SSSR count). The van der Waals surface area contributed by atoms with Crippen molar-refractivity contribution in [2.24, 2.45) is 0 Å². The molecule has 4 heteroatoms. The van der Waals surface area contributed by atoms with Crippen molar-refractivity contribution in [3.05, 3.63) is 0 Å². The van der Waals surface area contributed by atoms with Gasteiger partial charge in [-0.1, -0.05) is 13.8 Å². The SMILES string of the molecule is CCC1(CC)CC(NC(C)CC(=O)OC)CCO1. The lowest BCUT2D eigenvalue weighted by atomic mass is 9.85. The highest BCUT2D eigenvalue weighted by Gasteiger charge is 2.34. The Morgan fingerprint density at radius 2 is 2.17 bits per heavy atom. The Morgan fingerprint density at radius 3 is 2.72 bits per heavy atom. The summed E-state index contributed by atoms with van der Waals surface area (Å²) >= 11 is 0. The highest BCUT2D eigenvalue weighted by atomic mass is 16.5. The van der Waals surface area contributed by atoms with E-state index in [2.05, 4.69) is 23.9 Å². The van der Waals surface area contributed by atoms with Crippen LogP contribution in [0.5, 0.6) is 0 Å².